The van der Waals surface area contributed by atoms with Crippen molar-refractivity contribution in [1.82, 2.24) is 0 Å². The van der Waals surface area contributed by atoms with Crippen molar-refractivity contribution >= 4 is 17.9 Å². The van der Waals surface area contributed by atoms with Gasteiger partial charge in [0, 0.05) is 19.3 Å². The van der Waals surface area contributed by atoms with Crippen LogP contribution in [-0.2, 0) is 28.6 Å². The molecule has 394 valence electrons. The molecule has 6 heteroatoms. The average molecular weight is 952 g/mol. The molecule has 0 aromatic carbocycles. The summed E-state index contributed by atoms with van der Waals surface area (Å²) in [5, 5.41) is 0. The minimum absolute atomic E-state index is 0.0860. The van der Waals surface area contributed by atoms with Crippen molar-refractivity contribution in [3.8, 4) is 0 Å². The third-order valence-electron chi connectivity index (χ3n) is 12.7. The van der Waals surface area contributed by atoms with Gasteiger partial charge in [0.05, 0.1) is 0 Å². The first-order valence-electron chi connectivity index (χ1n) is 29.3. The van der Waals surface area contributed by atoms with Crippen LogP contribution in [-0.4, -0.2) is 37.2 Å². The van der Waals surface area contributed by atoms with Crippen LogP contribution in [0.1, 0.15) is 297 Å². The zero-order chi connectivity index (χ0) is 49.3. The molecule has 0 heterocycles. The van der Waals surface area contributed by atoms with Gasteiger partial charge in [-0.2, -0.15) is 0 Å². The molecule has 1 atom stereocenters. The molecule has 0 aliphatic heterocycles. The first-order valence-corrected chi connectivity index (χ1v) is 29.3. The van der Waals surface area contributed by atoms with Crippen LogP contribution in [0.4, 0.5) is 0 Å². The lowest BCUT2D eigenvalue weighted by molar-refractivity contribution is -0.167. The van der Waals surface area contributed by atoms with Gasteiger partial charge in [0.2, 0.25) is 0 Å². The van der Waals surface area contributed by atoms with Gasteiger partial charge in [-0.15, -0.1) is 0 Å². The summed E-state index contributed by atoms with van der Waals surface area (Å²) in [6.45, 7) is 6.60. The summed E-state index contributed by atoms with van der Waals surface area (Å²) in [5.41, 5.74) is 0. The van der Waals surface area contributed by atoms with Crippen LogP contribution in [0, 0.1) is 0 Å². The number of esters is 3. The fraction of sp³-hybridized carbons (Fsp3) is 0.790. The summed E-state index contributed by atoms with van der Waals surface area (Å²) in [7, 11) is 0. The van der Waals surface area contributed by atoms with Crippen LogP contribution in [0.2, 0.25) is 0 Å². The lowest BCUT2D eigenvalue weighted by atomic mass is 10.1. The van der Waals surface area contributed by atoms with Crippen molar-refractivity contribution in [1.29, 1.82) is 0 Å². The monoisotopic (exact) mass is 951 g/mol. The molecule has 6 nitrogen and oxygen atoms in total. The molecule has 0 radical (unpaired) electrons. The zero-order valence-corrected chi connectivity index (χ0v) is 45.1. The first kappa shape index (κ1) is 65.1. The third kappa shape index (κ3) is 54.1. The second kappa shape index (κ2) is 56.7. The number of unbranched alkanes of at least 4 members (excludes halogenated alkanes) is 32. The van der Waals surface area contributed by atoms with Crippen molar-refractivity contribution in [2.24, 2.45) is 0 Å². The molecule has 0 aromatic rings. The standard InChI is InChI=1S/C62H110O6/c1-4-7-10-13-16-19-22-25-28-30-31-33-34-37-40-43-46-49-52-55-61(64)67-58-59(57-66-60(63)54-51-48-45-42-39-36-27-24-21-18-15-12-9-6-3)68-62(65)56-53-50-47-44-41-38-35-32-29-26-23-20-17-14-11-8-5-2/h17,20,24-29,35,38,59H,4-16,18-19,21-23,30-34,36-37,39-58H2,1-3H3/b20-17-,27-24-,28-25-,29-26-,38-35-/t59-/m1/s1. The molecule has 0 spiro atoms. The smallest absolute Gasteiger partial charge is 0.306 e. The van der Waals surface area contributed by atoms with E-state index in [2.05, 4.69) is 81.5 Å². The zero-order valence-electron chi connectivity index (χ0n) is 45.1. The Morgan fingerprint density at radius 2 is 0.529 bits per heavy atom. The predicted molar refractivity (Wildman–Crippen MR) is 293 cm³/mol. The van der Waals surface area contributed by atoms with Gasteiger partial charge in [-0.3, -0.25) is 14.4 Å². The van der Waals surface area contributed by atoms with E-state index in [4.69, 9.17) is 14.2 Å². The molecule has 0 aliphatic carbocycles. The lowest BCUT2D eigenvalue weighted by Gasteiger charge is -2.18. The highest BCUT2D eigenvalue weighted by atomic mass is 16.6. The van der Waals surface area contributed by atoms with E-state index in [1.807, 2.05) is 0 Å². The largest absolute Gasteiger partial charge is 0.462 e. The van der Waals surface area contributed by atoms with Gasteiger partial charge in [0.25, 0.3) is 0 Å². The Kier molecular flexibility index (Phi) is 54.3. The fourth-order valence-electron chi connectivity index (χ4n) is 8.26. The Bertz CT molecular complexity index is 1230. The van der Waals surface area contributed by atoms with Gasteiger partial charge >= 0.3 is 17.9 Å². The molecule has 0 saturated heterocycles. The predicted octanol–water partition coefficient (Wildman–Crippen LogP) is 19.6. The second-order valence-corrected chi connectivity index (χ2v) is 19.5. The van der Waals surface area contributed by atoms with Crippen molar-refractivity contribution in [2.45, 2.75) is 303 Å². The van der Waals surface area contributed by atoms with Crippen LogP contribution < -0.4 is 0 Å². The summed E-state index contributed by atoms with van der Waals surface area (Å²) in [6.07, 6.45) is 70.6. The van der Waals surface area contributed by atoms with E-state index in [-0.39, 0.29) is 31.1 Å². The van der Waals surface area contributed by atoms with Crippen molar-refractivity contribution in [2.75, 3.05) is 13.2 Å². The molecular weight excluding hydrogens is 841 g/mol. The highest BCUT2D eigenvalue weighted by Gasteiger charge is 2.19. The van der Waals surface area contributed by atoms with Gasteiger partial charge in [0.15, 0.2) is 6.10 Å². The highest BCUT2D eigenvalue weighted by Crippen LogP contribution is 2.15. The van der Waals surface area contributed by atoms with E-state index in [0.717, 1.165) is 89.9 Å². The van der Waals surface area contributed by atoms with E-state index in [1.54, 1.807) is 0 Å². The minimum Gasteiger partial charge on any atom is -0.462 e. The normalized spacial score (nSPS) is 12.5. The number of allylic oxidation sites excluding steroid dienone is 10. The average Bonchev–Trinajstić information content (AvgIpc) is 3.34. The fourth-order valence-corrected chi connectivity index (χ4v) is 8.26. The third-order valence-corrected chi connectivity index (χ3v) is 12.7. The summed E-state index contributed by atoms with van der Waals surface area (Å²) in [5.74, 6) is -0.908. The number of rotatable bonds is 53. The van der Waals surface area contributed by atoms with Gasteiger partial charge in [-0.05, 0) is 109 Å². The van der Waals surface area contributed by atoms with Crippen LogP contribution in [0.5, 0.6) is 0 Å². The minimum atomic E-state index is -0.790. The van der Waals surface area contributed by atoms with Crippen LogP contribution in [0.3, 0.4) is 0 Å². The summed E-state index contributed by atoms with van der Waals surface area (Å²) in [6, 6.07) is 0. The van der Waals surface area contributed by atoms with Crippen molar-refractivity contribution in [3.63, 3.8) is 0 Å². The maximum absolute atomic E-state index is 12.9. The topological polar surface area (TPSA) is 78.9 Å². The maximum Gasteiger partial charge on any atom is 0.306 e. The first-order chi connectivity index (χ1) is 33.5. The summed E-state index contributed by atoms with van der Waals surface area (Å²) >= 11 is 0. The van der Waals surface area contributed by atoms with Crippen molar-refractivity contribution in [3.05, 3.63) is 60.8 Å². The molecule has 0 N–H and O–H groups in total. The van der Waals surface area contributed by atoms with Crippen LogP contribution in [0.25, 0.3) is 0 Å². The van der Waals surface area contributed by atoms with E-state index in [0.29, 0.717) is 19.3 Å². The molecule has 0 unspecified atom stereocenters. The quantitative estimate of drug-likeness (QED) is 0.0262. The molecule has 0 saturated carbocycles. The van der Waals surface area contributed by atoms with E-state index < -0.39 is 6.10 Å². The Morgan fingerprint density at radius 1 is 0.294 bits per heavy atom. The molecule has 68 heavy (non-hydrogen) atoms. The van der Waals surface area contributed by atoms with Gasteiger partial charge in [-0.1, -0.05) is 229 Å². The number of ether oxygens (including phenoxy) is 3. The lowest BCUT2D eigenvalue weighted by Crippen LogP contribution is -2.30. The Hall–Kier alpha value is -2.89. The van der Waals surface area contributed by atoms with Gasteiger partial charge in [0.1, 0.15) is 13.2 Å². The molecular formula is C62H110O6. The van der Waals surface area contributed by atoms with Gasteiger partial charge < -0.3 is 14.2 Å². The van der Waals surface area contributed by atoms with Gasteiger partial charge in [-0.25, -0.2) is 0 Å². The Labute approximate surface area is 421 Å². The maximum atomic E-state index is 12.9. The molecule has 0 rings (SSSR count). The number of carbonyl (C=O) groups is 3. The second-order valence-electron chi connectivity index (χ2n) is 19.5. The van der Waals surface area contributed by atoms with E-state index in [1.165, 1.54) is 167 Å². The van der Waals surface area contributed by atoms with Crippen LogP contribution in [0.15, 0.2) is 60.8 Å². The Morgan fingerprint density at radius 3 is 0.868 bits per heavy atom. The van der Waals surface area contributed by atoms with Crippen LogP contribution >= 0.6 is 0 Å². The summed E-state index contributed by atoms with van der Waals surface area (Å²) < 4.78 is 16.9. The van der Waals surface area contributed by atoms with E-state index in [9.17, 15) is 14.4 Å². The number of hydrogen-bond donors (Lipinski definition) is 0. The highest BCUT2D eigenvalue weighted by molar-refractivity contribution is 5.71. The molecule has 0 aromatic heterocycles. The SMILES string of the molecule is CCCCC/C=C\C/C=C\C/C=C\CCCCCCC(=O)O[C@H](COC(=O)CCCCCCC/C=C\CCCCCCC)COC(=O)CCCCCCCCCCC/C=C\CCCCCCCC. The number of carbonyl (C=O) groups excluding carboxylic acids is 3. The number of hydrogen-bond acceptors (Lipinski definition) is 6. The molecule has 0 bridgehead atoms. The molecule has 0 amide bonds. The summed E-state index contributed by atoms with van der Waals surface area (Å²) in [4.78, 5) is 38.2. The van der Waals surface area contributed by atoms with Crippen molar-refractivity contribution < 1.29 is 28.6 Å². The molecule has 0 aliphatic rings. The van der Waals surface area contributed by atoms with E-state index >= 15 is 0 Å². The molecule has 0 fully saturated rings. The Balaban J connectivity index is 4.40.